The van der Waals surface area contributed by atoms with E-state index in [2.05, 4.69) is 15.5 Å². The summed E-state index contributed by atoms with van der Waals surface area (Å²) in [5, 5.41) is 6.23. The molecule has 1 rings (SSSR count). The molecule has 2 N–H and O–H groups in total. The lowest BCUT2D eigenvalue weighted by Gasteiger charge is -2.20. The molecule has 0 aromatic heterocycles. The molecule has 82 valence electrons. The van der Waals surface area contributed by atoms with E-state index >= 15 is 0 Å². The summed E-state index contributed by atoms with van der Waals surface area (Å²) in [6.07, 6.45) is 0.973. The van der Waals surface area contributed by atoms with Crippen LogP contribution in [0.5, 0.6) is 0 Å². The summed E-state index contributed by atoms with van der Waals surface area (Å²) in [5.41, 5.74) is 0. The van der Waals surface area contributed by atoms with Crippen molar-refractivity contribution in [2.75, 3.05) is 33.7 Å². The Bertz CT molecular complexity index is 188. The first kappa shape index (κ1) is 11.5. The van der Waals surface area contributed by atoms with Gasteiger partial charge in [0.25, 0.3) is 0 Å². The first-order chi connectivity index (χ1) is 6.59. The minimum absolute atomic E-state index is 0.180. The highest BCUT2D eigenvalue weighted by Gasteiger charge is 2.23. The lowest BCUT2D eigenvalue weighted by atomic mass is 10.1. The molecule has 0 bridgehead atoms. The van der Waals surface area contributed by atoms with E-state index < -0.39 is 0 Å². The largest absolute Gasteiger partial charge is 0.352 e. The molecule has 0 radical (unpaired) electrons. The lowest BCUT2D eigenvalue weighted by Crippen LogP contribution is -2.42. The third-order valence-corrected chi connectivity index (χ3v) is 2.46. The fraction of sp³-hybridized carbons (Fsp3) is 0.900. The van der Waals surface area contributed by atoms with Gasteiger partial charge in [-0.3, -0.25) is 4.79 Å². The molecule has 1 amide bonds. The number of nitrogens with zero attached hydrogens (tertiary/aromatic N) is 1. The molecule has 1 aliphatic rings. The van der Waals surface area contributed by atoms with Crippen LogP contribution in [0.2, 0.25) is 0 Å². The van der Waals surface area contributed by atoms with Crippen molar-refractivity contribution in [1.29, 1.82) is 0 Å². The highest BCUT2D eigenvalue weighted by atomic mass is 16.2. The summed E-state index contributed by atoms with van der Waals surface area (Å²) < 4.78 is 0. The minimum atomic E-state index is 0.180. The van der Waals surface area contributed by atoms with Crippen LogP contribution in [0, 0.1) is 5.92 Å². The van der Waals surface area contributed by atoms with Gasteiger partial charge >= 0.3 is 0 Å². The van der Waals surface area contributed by atoms with Crippen molar-refractivity contribution in [1.82, 2.24) is 15.5 Å². The summed E-state index contributed by atoms with van der Waals surface area (Å²) in [7, 11) is 4.03. The Hall–Kier alpha value is -0.610. The highest BCUT2D eigenvalue weighted by molar-refractivity contribution is 5.79. The van der Waals surface area contributed by atoms with Gasteiger partial charge in [-0.05, 0) is 34.0 Å². The maximum atomic E-state index is 11.7. The minimum Gasteiger partial charge on any atom is -0.352 e. The topological polar surface area (TPSA) is 44.4 Å². The number of amides is 1. The second kappa shape index (κ2) is 5.32. The van der Waals surface area contributed by atoms with Gasteiger partial charge in [0.2, 0.25) is 5.91 Å². The van der Waals surface area contributed by atoms with E-state index in [4.69, 9.17) is 0 Å². The number of likely N-dealkylation sites (N-methyl/N-ethyl adjacent to an activating group) is 1. The zero-order chi connectivity index (χ0) is 10.6. The molecule has 2 atom stereocenters. The van der Waals surface area contributed by atoms with E-state index in [1.54, 1.807) is 0 Å². The number of carbonyl (C=O) groups is 1. The van der Waals surface area contributed by atoms with E-state index in [0.717, 1.165) is 26.1 Å². The summed E-state index contributed by atoms with van der Waals surface area (Å²) in [5.74, 6) is 0.379. The number of hydrogen-bond acceptors (Lipinski definition) is 3. The maximum absolute atomic E-state index is 11.7. The summed E-state index contributed by atoms with van der Waals surface area (Å²) in [4.78, 5) is 13.7. The van der Waals surface area contributed by atoms with Crippen molar-refractivity contribution in [3.05, 3.63) is 0 Å². The van der Waals surface area contributed by atoms with Gasteiger partial charge in [0, 0.05) is 19.1 Å². The van der Waals surface area contributed by atoms with Crippen molar-refractivity contribution >= 4 is 5.91 Å². The third-order valence-electron chi connectivity index (χ3n) is 2.46. The smallest absolute Gasteiger partial charge is 0.224 e. The molecule has 4 nitrogen and oxygen atoms in total. The van der Waals surface area contributed by atoms with E-state index in [9.17, 15) is 4.79 Å². The molecule has 14 heavy (non-hydrogen) atoms. The average Bonchev–Trinajstić information content (AvgIpc) is 2.53. The average molecular weight is 199 g/mol. The Morgan fingerprint density at radius 2 is 2.36 bits per heavy atom. The normalized spacial score (nSPS) is 23.9. The van der Waals surface area contributed by atoms with Crippen LogP contribution in [-0.2, 0) is 4.79 Å². The quantitative estimate of drug-likeness (QED) is 0.651. The number of rotatable bonds is 4. The van der Waals surface area contributed by atoms with Gasteiger partial charge in [0.15, 0.2) is 0 Å². The Morgan fingerprint density at radius 3 is 2.86 bits per heavy atom. The van der Waals surface area contributed by atoms with Crippen LogP contribution in [0.15, 0.2) is 0 Å². The van der Waals surface area contributed by atoms with Crippen molar-refractivity contribution in [2.45, 2.75) is 19.4 Å². The van der Waals surface area contributed by atoms with Crippen LogP contribution in [0.25, 0.3) is 0 Å². The van der Waals surface area contributed by atoms with Crippen LogP contribution in [0.4, 0.5) is 0 Å². The third kappa shape index (κ3) is 3.64. The molecule has 1 heterocycles. The van der Waals surface area contributed by atoms with Crippen LogP contribution in [-0.4, -0.2) is 50.6 Å². The second-order valence-corrected chi connectivity index (χ2v) is 4.36. The summed E-state index contributed by atoms with van der Waals surface area (Å²) in [6, 6.07) is 0.234. The monoisotopic (exact) mass is 199 g/mol. The molecule has 2 unspecified atom stereocenters. The molecule has 1 fully saturated rings. The van der Waals surface area contributed by atoms with Gasteiger partial charge in [0.1, 0.15) is 0 Å². The summed E-state index contributed by atoms with van der Waals surface area (Å²) in [6.45, 7) is 4.74. The fourth-order valence-corrected chi connectivity index (χ4v) is 1.83. The van der Waals surface area contributed by atoms with Crippen LogP contribution < -0.4 is 10.6 Å². The van der Waals surface area contributed by atoms with Crippen molar-refractivity contribution in [3.8, 4) is 0 Å². The molecule has 0 aromatic rings. The van der Waals surface area contributed by atoms with Crippen LogP contribution >= 0.6 is 0 Å². The van der Waals surface area contributed by atoms with Crippen molar-refractivity contribution in [2.24, 2.45) is 5.92 Å². The Kier molecular flexibility index (Phi) is 4.35. The standard InChI is InChI=1S/C10H21N3O/c1-8(7-13(2)3)12-10(14)9-4-5-11-6-9/h8-9,11H,4-7H2,1-3H3,(H,12,14). The van der Waals surface area contributed by atoms with Gasteiger partial charge in [-0.2, -0.15) is 0 Å². The highest BCUT2D eigenvalue weighted by Crippen LogP contribution is 2.07. The van der Waals surface area contributed by atoms with Crippen LogP contribution in [0.1, 0.15) is 13.3 Å². The zero-order valence-electron chi connectivity index (χ0n) is 9.34. The predicted molar refractivity (Wildman–Crippen MR) is 57.1 cm³/mol. The van der Waals surface area contributed by atoms with E-state index in [1.807, 2.05) is 21.0 Å². The van der Waals surface area contributed by atoms with E-state index in [1.165, 1.54) is 0 Å². The molecular formula is C10H21N3O. The fourth-order valence-electron chi connectivity index (χ4n) is 1.83. The number of carbonyl (C=O) groups excluding carboxylic acids is 1. The molecule has 1 saturated heterocycles. The Balaban J connectivity index is 2.25. The maximum Gasteiger partial charge on any atom is 0.224 e. The molecule has 0 aromatic carbocycles. The molecule has 1 aliphatic heterocycles. The SMILES string of the molecule is CC(CN(C)C)NC(=O)C1CCNC1. The second-order valence-electron chi connectivity index (χ2n) is 4.36. The first-order valence-electron chi connectivity index (χ1n) is 5.25. The Labute approximate surface area is 86.0 Å². The van der Waals surface area contributed by atoms with Crippen molar-refractivity contribution in [3.63, 3.8) is 0 Å². The zero-order valence-corrected chi connectivity index (χ0v) is 9.34. The molecular weight excluding hydrogens is 178 g/mol. The number of hydrogen-bond donors (Lipinski definition) is 2. The predicted octanol–water partition coefficient (Wildman–Crippen LogP) is -0.338. The molecule has 0 spiro atoms. The van der Waals surface area contributed by atoms with Gasteiger partial charge in [0.05, 0.1) is 5.92 Å². The molecule has 0 aliphatic carbocycles. The van der Waals surface area contributed by atoms with Gasteiger partial charge in [-0.25, -0.2) is 0 Å². The van der Waals surface area contributed by atoms with Gasteiger partial charge in [-0.15, -0.1) is 0 Å². The Morgan fingerprint density at radius 1 is 1.64 bits per heavy atom. The molecule has 4 heteroatoms. The van der Waals surface area contributed by atoms with Gasteiger partial charge < -0.3 is 15.5 Å². The number of nitrogens with one attached hydrogen (secondary N) is 2. The lowest BCUT2D eigenvalue weighted by molar-refractivity contribution is -0.125. The van der Waals surface area contributed by atoms with E-state index in [0.29, 0.717) is 0 Å². The van der Waals surface area contributed by atoms with Crippen molar-refractivity contribution < 1.29 is 4.79 Å². The summed E-state index contributed by atoms with van der Waals surface area (Å²) >= 11 is 0. The van der Waals surface area contributed by atoms with Crippen LogP contribution in [0.3, 0.4) is 0 Å². The molecule has 0 saturated carbocycles. The first-order valence-corrected chi connectivity index (χ1v) is 5.25. The van der Waals surface area contributed by atoms with Gasteiger partial charge in [-0.1, -0.05) is 0 Å². The van der Waals surface area contributed by atoms with E-state index in [-0.39, 0.29) is 17.9 Å².